The number of hydrogen-bond acceptors (Lipinski definition) is 1. The highest BCUT2D eigenvalue weighted by Gasteiger charge is 2.16. The van der Waals surface area contributed by atoms with Crippen LogP contribution in [-0.4, -0.2) is 11.3 Å². The summed E-state index contributed by atoms with van der Waals surface area (Å²) in [4.78, 5) is 13.9. The van der Waals surface area contributed by atoms with Gasteiger partial charge < -0.3 is 4.98 Å². The van der Waals surface area contributed by atoms with E-state index >= 15 is 0 Å². The Hall–Kier alpha value is -1.28. The van der Waals surface area contributed by atoms with E-state index in [1.165, 1.54) is 5.56 Å². The number of aromatic nitrogens is 1. The minimum absolute atomic E-state index is 0.0676. The number of hydrogen-bond donors (Lipinski definition) is 1. The molecule has 0 amide bonds. The number of nitrogens with one attached hydrogen (secondary N) is 1. The monoisotopic (exact) mass is 235 g/mol. The fraction of sp³-hybridized carbons (Fsp3) is 0.308. The third-order valence-electron chi connectivity index (χ3n) is 2.77. The molecule has 1 heterocycles. The smallest absolute Gasteiger partial charge is 0.153 e. The summed E-state index contributed by atoms with van der Waals surface area (Å²) in [5.74, 6) is 0. The molecule has 0 aliphatic carbocycles. The zero-order valence-electron chi connectivity index (χ0n) is 9.60. The van der Waals surface area contributed by atoms with Gasteiger partial charge in [-0.05, 0) is 23.1 Å². The Labute approximate surface area is 99.6 Å². The van der Waals surface area contributed by atoms with Gasteiger partial charge in [0, 0.05) is 10.9 Å². The topological polar surface area (TPSA) is 32.9 Å². The molecule has 16 heavy (non-hydrogen) atoms. The lowest BCUT2D eigenvalue weighted by molar-refractivity contribution is 0.112. The number of benzene rings is 1. The molecule has 0 unspecified atom stereocenters. The Morgan fingerprint density at radius 3 is 2.56 bits per heavy atom. The number of carbonyl (C=O) groups is 1. The van der Waals surface area contributed by atoms with Crippen molar-refractivity contribution in [3.05, 3.63) is 34.5 Å². The standard InChI is InChI=1S/C13H14ClNO/c1-13(2,3)8-4-5-11-9(6-8)10(7-16)12(14)15-11/h4-7,15H,1-3H3. The largest absolute Gasteiger partial charge is 0.345 e. The summed E-state index contributed by atoms with van der Waals surface area (Å²) in [6.45, 7) is 6.43. The van der Waals surface area contributed by atoms with Crippen molar-refractivity contribution in [1.29, 1.82) is 0 Å². The Kier molecular flexibility index (Phi) is 2.55. The first kappa shape index (κ1) is 11.2. The maximum Gasteiger partial charge on any atom is 0.153 e. The van der Waals surface area contributed by atoms with Crippen LogP contribution in [0.15, 0.2) is 18.2 Å². The highest BCUT2D eigenvalue weighted by Crippen LogP contribution is 2.30. The average molecular weight is 236 g/mol. The number of aldehydes is 1. The van der Waals surface area contributed by atoms with Crippen LogP contribution in [0.25, 0.3) is 10.9 Å². The summed E-state index contributed by atoms with van der Waals surface area (Å²) in [6.07, 6.45) is 0.799. The van der Waals surface area contributed by atoms with Crippen molar-refractivity contribution in [2.75, 3.05) is 0 Å². The minimum atomic E-state index is 0.0676. The zero-order valence-corrected chi connectivity index (χ0v) is 10.4. The van der Waals surface area contributed by atoms with Gasteiger partial charge in [-0.1, -0.05) is 38.4 Å². The van der Waals surface area contributed by atoms with E-state index < -0.39 is 0 Å². The van der Waals surface area contributed by atoms with E-state index in [4.69, 9.17) is 11.6 Å². The molecule has 0 saturated heterocycles. The second-order valence-corrected chi connectivity index (χ2v) is 5.36. The molecule has 0 fully saturated rings. The summed E-state index contributed by atoms with van der Waals surface area (Å²) < 4.78 is 0. The number of carbonyl (C=O) groups excluding carboxylic acids is 1. The summed E-state index contributed by atoms with van der Waals surface area (Å²) in [5.41, 5.74) is 2.71. The Morgan fingerprint density at radius 2 is 2.00 bits per heavy atom. The molecule has 0 spiro atoms. The third kappa shape index (κ3) is 1.74. The van der Waals surface area contributed by atoms with Crippen molar-refractivity contribution in [2.24, 2.45) is 0 Å². The van der Waals surface area contributed by atoms with E-state index in [0.717, 1.165) is 17.2 Å². The van der Waals surface area contributed by atoms with E-state index in [1.807, 2.05) is 12.1 Å². The van der Waals surface area contributed by atoms with Gasteiger partial charge >= 0.3 is 0 Å². The second-order valence-electron chi connectivity index (χ2n) is 4.98. The predicted octanol–water partition coefficient (Wildman–Crippen LogP) is 3.93. The van der Waals surface area contributed by atoms with Crippen LogP contribution in [0.4, 0.5) is 0 Å². The lowest BCUT2D eigenvalue weighted by Gasteiger charge is -2.18. The maximum absolute atomic E-state index is 11.0. The molecule has 1 aromatic carbocycles. The minimum Gasteiger partial charge on any atom is -0.345 e. The van der Waals surface area contributed by atoms with Gasteiger partial charge in [-0.25, -0.2) is 0 Å². The average Bonchev–Trinajstić information content (AvgIpc) is 2.50. The summed E-state index contributed by atoms with van der Waals surface area (Å²) in [5, 5.41) is 1.31. The predicted molar refractivity (Wildman–Crippen MR) is 67.4 cm³/mol. The van der Waals surface area contributed by atoms with Crippen molar-refractivity contribution in [2.45, 2.75) is 26.2 Å². The molecule has 2 nitrogen and oxygen atoms in total. The summed E-state index contributed by atoms with van der Waals surface area (Å²) >= 11 is 5.95. The normalized spacial score (nSPS) is 12.0. The van der Waals surface area contributed by atoms with Gasteiger partial charge in [0.05, 0.1) is 5.56 Å². The molecular formula is C13H14ClNO. The first-order chi connectivity index (χ1) is 7.43. The van der Waals surface area contributed by atoms with Crippen molar-refractivity contribution in [3.63, 3.8) is 0 Å². The van der Waals surface area contributed by atoms with Crippen LogP contribution in [0.1, 0.15) is 36.7 Å². The van der Waals surface area contributed by atoms with Gasteiger partial charge in [0.1, 0.15) is 5.15 Å². The molecule has 0 atom stereocenters. The van der Waals surface area contributed by atoms with Gasteiger partial charge in [-0.2, -0.15) is 0 Å². The summed E-state index contributed by atoms with van der Waals surface area (Å²) in [7, 11) is 0. The van der Waals surface area contributed by atoms with Crippen LogP contribution in [0.5, 0.6) is 0 Å². The Balaban J connectivity index is 2.73. The molecule has 0 bridgehead atoms. The molecule has 2 rings (SSSR count). The van der Waals surface area contributed by atoms with Crippen LogP contribution in [0.3, 0.4) is 0 Å². The van der Waals surface area contributed by atoms with E-state index in [9.17, 15) is 4.79 Å². The molecule has 1 N–H and O–H groups in total. The van der Waals surface area contributed by atoms with Gasteiger partial charge in [0.2, 0.25) is 0 Å². The van der Waals surface area contributed by atoms with Gasteiger partial charge in [-0.3, -0.25) is 4.79 Å². The van der Waals surface area contributed by atoms with Crippen LogP contribution >= 0.6 is 11.6 Å². The molecular weight excluding hydrogens is 222 g/mol. The SMILES string of the molecule is CC(C)(C)c1ccc2[nH]c(Cl)c(C=O)c2c1. The van der Waals surface area contributed by atoms with E-state index in [2.05, 4.69) is 31.8 Å². The highest BCUT2D eigenvalue weighted by atomic mass is 35.5. The molecule has 84 valence electrons. The maximum atomic E-state index is 11.0. The van der Waals surface area contributed by atoms with Crippen molar-refractivity contribution >= 4 is 28.8 Å². The zero-order chi connectivity index (χ0) is 11.9. The van der Waals surface area contributed by atoms with Crippen molar-refractivity contribution in [1.82, 2.24) is 4.98 Å². The Bertz CT molecular complexity index is 549. The molecule has 0 radical (unpaired) electrons. The third-order valence-corrected chi connectivity index (χ3v) is 3.07. The molecule has 0 aliphatic rings. The van der Waals surface area contributed by atoms with Crippen LogP contribution in [0.2, 0.25) is 5.15 Å². The number of fused-ring (bicyclic) bond motifs is 1. The van der Waals surface area contributed by atoms with Crippen molar-refractivity contribution < 1.29 is 4.79 Å². The quantitative estimate of drug-likeness (QED) is 0.747. The second kappa shape index (κ2) is 3.63. The van der Waals surface area contributed by atoms with E-state index in [-0.39, 0.29) is 5.41 Å². The highest BCUT2D eigenvalue weighted by molar-refractivity contribution is 6.34. The first-order valence-electron chi connectivity index (χ1n) is 5.20. The summed E-state index contributed by atoms with van der Waals surface area (Å²) in [6, 6.07) is 6.06. The van der Waals surface area contributed by atoms with E-state index in [0.29, 0.717) is 10.7 Å². The van der Waals surface area contributed by atoms with Crippen LogP contribution in [0, 0.1) is 0 Å². The van der Waals surface area contributed by atoms with Crippen LogP contribution in [-0.2, 0) is 5.41 Å². The number of aromatic amines is 1. The first-order valence-corrected chi connectivity index (χ1v) is 5.58. The number of halogens is 1. The van der Waals surface area contributed by atoms with Gasteiger partial charge in [-0.15, -0.1) is 0 Å². The fourth-order valence-electron chi connectivity index (χ4n) is 1.76. The number of H-pyrrole nitrogens is 1. The van der Waals surface area contributed by atoms with Crippen molar-refractivity contribution in [3.8, 4) is 0 Å². The lowest BCUT2D eigenvalue weighted by atomic mass is 9.86. The van der Waals surface area contributed by atoms with E-state index in [1.54, 1.807) is 0 Å². The van der Waals surface area contributed by atoms with Gasteiger partial charge in [0.25, 0.3) is 0 Å². The molecule has 0 saturated carbocycles. The van der Waals surface area contributed by atoms with Crippen LogP contribution < -0.4 is 0 Å². The van der Waals surface area contributed by atoms with Gasteiger partial charge in [0.15, 0.2) is 6.29 Å². The molecule has 3 heteroatoms. The number of rotatable bonds is 1. The lowest BCUT2D eigenvalue weighted by Crippen LogP contribution is -2.10. The fourth-order valence-corrected chi connectivity index (χ4v) is 2.01. The molecule has 1 aromatic heterocycles. The molecule has 2 aromatic rings. The Morgan fingerprint density at radius 1 is 1.31 bits per heavy atom. The molecule has 0 aliphatic heterocycles.